The van der Waals surface area contributed by atoms with E-state index in [4.69, 9.17) is 9.84 Å². The maximum Gasteiger partial charge on any atom is 0.303 e. The number of aliphatic carboxylic acids is 1. The van der Waals surface area contributed by atoms with E-state index < -0.39 is 26.0 Å². The van der Waals surface area contributed by atoms with Gasteiger partial charge in [0.2, 0.25) is 5.91 Å². The van der Waals surface area contributed by atoms with Gasteiger partial charge in [0.25, 0.3) is 5.91 Å². The van der Waals surface area contributed by atoms with Gasteiger partial charge in [0, 0.05) is 32.2 Å². The molecule has 2 aromatic carbocycles. The van der Waals surface area contributed by atoms with Crippen LogP contribution in [0.1, 0.15) is 42.0 Å². The number of carbonyl (C=O) groups is 3. The summed E-state index contributed by atoms with van der Waals surface area (Å²) in [7, 11) is -0.261. The first-order valence-electron chi connectivity index (χ1n) is 11.7. The van der Waals surface area contributed by atoms with Crippen LogP contribution in [0.2, 0.25) is 19.6 Å². The lowest BCUT2D eigenvalue weighted by Gasteiger charge is -2.36. The summed E-state index contributed by atoms with van der Waals surface area (Å²) in [6.45, 7) is 6.91. The Morgan fingerprint density at radius 1 is 1.14 bits per heavy atom. The van der Waals surface area contributed by atoms with Gasteiger partial charge in [0.1, 0.15) is 11.9 Å². The number of ether oxygens (including phenoxy) is 1. The first-order chi connectivity index (χ1) is 16.5. The van der Waals surface area contributed by atoms with Gasteiger partial charge in [-0.1, -0.05) is 43.9 Å². The van der Waals surface area contributed by atoms with Crippen molar-refractivity contribution in [2.24, 2.45) is 0 Å². The zero-order valence-corrected chi connectivity index (χ0v) is 21.7. The van der Waals surface area contributed by atoms with Crippen molar-refractivity contribution in [1.82, 2.24) is 4.90 Å². The standard InChI is InChI=1S/C26H33FN2O5Si/c1-34-16-17-8-10-20-18(14-17)12-13-29(23(30)6-5-7-24(31)32)25(20)26(33)28-19-9-11-22(21(27)15-19)35(2,3)4/h8-11,14-15,25H,5-7,12-13,16H2,1-4H3,(H,28,33)(H,31,32)/t25-/m1/s1. The average Bonchev–Trinajstić information content (AvgIpc) is 2.77. The molecular formula is C26H33FN2O5Si. The van der Waals surface area contributed by atoms with Crippen molar-refractivity contribution in [3.05, 3.63) is 58.9 Å². The van der Waals surface area contributed by atoms with Gasteiger partial charge in [-0.15, -0.1) is 0 Å². The molecule has 0 aliphatic carbocycles. The first-order valence-corrected chi connectivity index (χ1v) is 15.2. The number of nitrogens with one attached hydrogen (secondary N) is 1. The highest BCUT2D eigenvalue weighted by atomic mass is 28.3. The lowest BCUT2D eigenvalue weighted by Crippen LogP contribution is -2.45. The minimum absolute atomic E-state index is 0.0344. The van der Waals surface area contributed by atoms with Gasteiger partial charge in [0.15, 0.2) is 0 Å². The Kier molecular flexibility index (Phi) is 8.45. The fourth-order valence-corrected chi connectivity index (χ4v) is 5.81. The number of hydrogen-bond donors (Lipinski definition) is 2. The molecule has 0 bridgehead atoms. The number of nitrogens with zero attached hydrogens (tertiary/aromatic N) is 1. The zero-order chi connectivity index (χ0) is 25.8. The van der Waals surface area contributed by atoms with Crippen molar-refractivity contribution in [2.45, 2.75) is 58.0 Å². The number of carboxylic acids is 1. The Morgan fingerprint density at radius 3 is 2.51 bits per heavy atom. The molecule has 2 aromatic rings. The second kappa shape index (κ2) is 11.1. The molecule has 2 N–H and O–H groups in total. The highest BCUT2D eigenvalue weighted by molar-refractivity contribution is 6.88. The zero-order valence-electron chi connectivity index (χ0n) is 20.7. The number of fused-ring (bicyclic) bond motifs is 1. The number of methoxy groups -OCH3 is 1. The van der Waals surface area contributed by atoms with Crippen LogP contribution in [0.15, 0.2) is 36.4 Å². The van der Waals surface area contributed by atoms with E-state index in [0.717, 1.165) is 11.1 Å². The summed E-state index contributed by atoms with van der Waals surface area (Å²) < 4.78 is 20.0. The van der Waals surface area contributed by atoms with Crippen molar-refractivity contribution in [1.29, 1.82) is 0 Å². The van der Waals surface area contributed by atoms with Gasteiger partial charge >= 0.3 is 5.97 Å². The number of carboxylic acid groups (broad SMARTS) is 1. The van der Waals surface area contributed by atoms with Crippen molar-refractivity contribution in [2.75, 3.05) is 19.0 Å². The third-order valence-electron chi connectivity index (χ3n) is 6.14. The SMILES string of the molecule is COCc1ccc2c(c1)CCN(C(=O)CCCC(=O)O)[C@H]2C(=O)Nc1ccc([Si](C)(C)C)c(F)c1. The molecule has 35 heavy (non-hydrogen) atoms. The molecule has 1 aliphatic heterocycles. The quantitative estimate of drug-likeness (QED) is 0.510. The van der Waals surface area contributed by atoms with E-state index in [0.29, 0.717) is 36.0 Å². The van der Waals surface area contributed by atoms with Gasteiger partial charge in [0.05, 0.1) is 14.7 Å². The van der Waals surface area contributed by atoms with Crippen LogP contribution in [-0.4, -0.2) is 49.5 Å². The highest BCUT2D eigenvalue weighted by Gasteiger charge is 2.36. The highest BCUT2D eigenvalue weighted by Crippen LogP contribution is 2.33. The summed E-state index contributed by atoms with van der Waals surface area (Å²) in [6.07, 6.45) is 0.686. The molecule has 0 radical (unpaired) electrons. The second-order valence-corrected chi connectivity index (χ2v) is 14.9. The summed E-state index contributed by atoms with van der Waals surface area (Å²) in [6, 6.07) is 9.52. The Balaban J connectivity index is 1.90. The molecule has 3 rings (SSSR count). The Bertz CT molecular complexity index is 1120. The molecule has 0 aromatic heterocycles. The van der Waals surface area contributed by atoms with Crippen LogP contribution in [0, 0.1) is 5.82 Å². The summed E-state index contributed by atoms with van der Waals surface area (Å²) in [4.78, 5) is 38.9. The van der Waals surface area contributed by atoms with E-state index in [-0.39, 0.29) is 31.0 Å². The fourth-order valence-electron chi connectivity index (χ4n) is 4.43. The van der Waals surface area contributed by atoms with E-state index >= 15 is 0 Å². The molecule has 0 spiro atoms. The van der Waals surface area contributed by atoms with Crippen molar-refractivity contribution >= 4 is 36.7 Å². The summed E-state index contributed by atoms with van der Waals surface area (Å²) >= 11 is 0. The molecule has 1 aliphatic rings. The molecule has 0 unspecified atom stereocenters. The van der Waals surface area contributed by atoms with Gasteiger partial charge in [-0.05, 0) is 46.9 Å². The third kappa shape index (κ3) is 6.55. The van der Waals surface area contributed by atoms with Crippen molar-refractivity contribution < 1.29 is 28.6 Å². The fraction of sp³-hybridized carbons (Fsp3) is 0.423. The lowest BCUT2D eigenvalue weighted by atomic mass is 9.90. The molecule has 1 atom stereocenters. The molecule has 188 valence electrons. The maximum absolute atomic E-state index is 14.8. The molecule has 0 fully saturated rings. The molecule has 1 heterocycles. The van der Waals surface area contributed by atoms with Crippen molar-refractivity contribution in [3.63, 3.8) is 0 Å². The third-order valence-corrected chi connectivity index (χ3v) is 8.16. The topological polar surface area (TPSA) is 95.9 Å². The second-order valence-electron chi connectivity index (χ2n) is 9.89. The largest absolute Gasteiger partial charge is 0.481 e. The number of rotatable bonds is 9. The Labute approximate surface area is 206 Å². The number of halogens is 1. The van der Waals surface area contributed by atoms with Crippen LogP contribution in [-0.2, 0) is 32.1 Å². The van der Waals surface area contributed by atoms with Crippen LogP contribution in [0.3, 0.4) is 0 Å². The minimum Gasteiger partial charge on any atom is -0.481 e. The number of benzene rings is 2. The van der Waals surface area contributed by atoms with E-state index in [1.54, 1.807) is 19.2 Å². The van der Waals surface area contributed by atoms with Crippen LogP contribution in [0.5, 0.6) is 0 Å². The van der Waals surface area contributed by atoms with Gasteiger partial charge in [-0.2, -0.15) is 0 Å². The van der Waals surface area contributed by atoms with Crippen molar-refractivity contribution in [3.8, 4) is 0 Å². The first kappa shape index (κ1) is 26.6. The summed E-state index contributed by atoms with van der Waals surface area (Å²) in [5.41, 5.74) is 2.96. The molecule has 9 heteroatoms. The predicted octanol–water partition coefficient (Wildman–Crippen LogP) is 3.84. The van der Waals surface area contributed by atoms with Crippen LogP contribution in [0.25, 0.3) is 0 Å². The number of anilines is 1. The molecule has 0 saturated carbocycles. The van der Waals surface area contributed by atoms with E-state index in [2.05, 4.69) is 5.32 Å². The van der Waals surface area contributed by atoms with Gasteiger partial charge in [-0.3, -0.25) is 14.4 Å². The normalized spacial score (nSPS) is 15.5. The van der Waals surface area contributed by atoms with Gasteiger partial charge < -0.3 is 20.1 Å². The smallest absolute Gasteiger partial charge is 0.303 e. The Morgan fingerprint density at radius 2 is 1.89 bits per heavy atom. The molecule has 0 saturated heterocycles. The predicted molar refractivity (Wildman–Crippen MR) is 135 cm³/mol. The van der Waals surface area contributed by atoms with E-state index in [9.17, 15) is 18.8 Å². The summed E-state index contributed by atoms with van der Waals surface area (Å²) in [5.74, 6) is -2.03. The molecule has 7 nitrogen and oxygen atoms in total. The number of amides is 2. The average molecular weight is 501 g/mol. The summed E-state index contributed by atoms with van der Waals surface area (Å²) in [5, 5.41) is 12.4. The van der Waals surface area contributed by atoms with Gasteiger partial charge in [-0.25, -0.2) is 4.39 Å². The number of carbonyl (C=O) groups excluding carboxylic acids is 2. The van der Waals surface area contributed by atoms with E-state index in [1.165, 1.54) is 11.0 Å². The van der Waals surface area contributed by atoms with Crippen LogP contribution < -0.4 is 10.5 Å². The maximum atomic E-state index is 14.8. The molecule has 2 amide bonds. The number of hydrogen-bond acceptors (Lipinski definition) is 4. The monoisotopic (exact) mass is 500 g/mol. The van der Waals surface area contributed by atoms with Crippen LogP contribution in [0.4, 0.5) is 10.1 Å². The Hall–Kier alpha value is -3.04. The van der Waals surface area contributed by atoms with E-state index in [1.807, 2.05) is 37.8 Å². The van der Waals surface area contributed by atoms with Crippen LogP contribution >= 0.6 is 0 Å². The lowest BCUT2D eigenvalue weighted by molar-refractivity contribution is -0.140. The molecular weight excluding hydrogens is 467 g/mol. The minimum atomic E-state index is -1.87.